The Morgan fingerprint density at radius 2 is 2.21 bits per heavy atom. The van der Waals surface area contributed by atoms with Gasteiger partial charge in [-0.1, -0.05) is 6.07 Å². The molecule has 19 heavy (non-hydrogen) atoms. The van der Waals surface area contributed by atoms with E-state index in [1.165, 1.54) is 12.8 Å². The number of nitrogens with one attached hydrogen (secondary N) is 1. The van der Waals surface area contributed by atoms with Crippen molar-refractivity contribution in [2.45, 2.75) is 31.5 Å². The summed E-state index contributed by atoms with van der Waals surface area (Å²) in [6.07, 6.45) is 1.60. The van der Waals surface area contributed by atoms with Gasteiger partial charge in [0.2, 0.25) is 0 Å². The van der Waals surface area contributed by atoms with Gasteiger partial charge in [0.25, 0.3) is 0 Å². The van der Waals surface area contributed by atoms with Gasteiger partial charge in [-0.2, -0.15) is 0 Å². The lowest BCUT2D eigenvalue weighted by atomic mass is 10.2. The molecule has 1 aliphatic carbocycles. The second-order valence-corrected chi connectivity index (χ2v) is 4.78. The first-order valence-corrected chi connectivity index (χ1v) is 6.55. The summed E-state index contributed by atoms with van der Waals surface area (Å²) in [5.74, 6) is 1.39. The molecule has 1 aromatic rings. The van der Waals surface area contributed by atoms with Crippen molar-refractivity contribution >= 4 is 0 Å². The van der Waals surface area contributed by atoms with Crippen LogP contribution in [-0.2, 0) is 6.54 Å². The Labute approximate surface area is 113 Å². The molecule has 1 aromatic carbocycles. The number of ether oxygens (including phenoxy) is 2. The molecule has 0 aromatic heterocycles. The zero-order chi connectivity index (χ0) is 13.7. The molecule has 0 aliphatic heterocycles. The molecule has 0 bridgehead atoms. The fourth-order valence-electron chi connectivity index (χ4n) is 1.72. The van der Waals surface area contributed by atoms with Crippen LogP contribution in [-0.4, -0.2) is 42.7 Å². The van der Waals surface area contributed by atoms with E-state index in [0.29, 0.717) is 17.5 Å². The standard InChI is InChI=1S/C14H21NO4/c1-18-13-5-2-10(7-15-11-3-4-11)14(6-13)19-9-12(17)8-16/h2,5-6,11-12,15-17H,3-4,7-9H2,1H3. The summed E-state index contributed by atoms with van der Waals surface area (Å²) in [6.45, 7) is 0.499. The van der Waals surface area contributed by atoms with E-state index in [-0.39, 0.29) is 13.2 Å². The van der Waals surface area contributed by atoms with Crippen molar-refractivity contribution in [1.29, 1.82) is 0 Å². The minimum atomic E-state index is -0.865. The molecule has 0 amide bonds. The topological polar surface area (TPSA) is 71.0 Å². The zero-order valence-electron chi connectivity index (χ0n) is 11.1. The molecule has 1 aliphatic rings. The Bertz CT molecular complexity index is 406. The zero-order valence-corrected chi connectivity index (χ0v) is 11.1. The molecule has 1 fully saturated rings. The Morgan fingerprint density at radius 1 is 1.42 bits per heavy atom. The highest BCUT2D eigenvalue weighted by Crippen LogP contribution is 2.26. The van der Waals surface area contributed by atoms with Crippen LogP contribution in [0.4, 0.5) is 0 Å². The molecule has 0 saturated heterocycles. The third-order valence-corrected chi connectivity index (χ3v) is 3.07. The first kappa shape index (κ1) is 14.1. The van der Waals surface area contributed by atoms with Gasteiger partial charge >= 0.3 is 0 Å². The van der Waals surface area contributed by atoms with Crippen molar-refractivity contribution in [3.05, 3.63) is 23.8 Å². The monoisotopic (exact) mass is 267 g/mol. The molecule has 106 valence electrons. The van der Waals surface area contributed by atoms with Crippen molar-refractivity contribution in [2.24, 2.45) is 0 Å². The number of rotatable bonds is 8. The van der Waals surface area contributed by atoms with Crippen LogP contribution in [0.5, 0.6) is 11.5 Å². The van der Waals surface area contributed by atoms with Crippen LogP contribution in [0, 0.1) is 0 Å². The highest BCUT2D eigenvalue weighted by molar-refractivity contribution is 5.40. The Morgan fingerprint density at radius 3 is 2.84 bits per heavy atom. The van der Waals surface area contributed by atoms with Crippen LogP contribution >= 0.6 is 0 Å². The van der Waals surface area contributed by atoms with E-state index < -0.39 is 6.10 Å². The van der Waals surface area contributed by atoms with Crippen molar-refractivity contribution in [3.8, 4) is 11.5 Å². The minimum Gasteiger partial charge on any atom is -0.497 e. The molecule has 0 radical (unpaired) electrons. The SMILES string of the molecule is COc1ccc(CNC2CC2)c(OCC(O)CO)c1. The highest BCUT2D eigenvalue weighted by atomic mass is 16.5. The van der Waals surface area contributed by atoms with Crippen molar-refractivity contribution in [2.75, 3.05) is 20.3 Å². The third kappa shape index (κ3) is 4.38. The summed E-state index contributed by atoms with van der Waals surface area (Å²) in [7, 11) is 1.60. The molecular formula is C14H21NO4. The quantitative estimate of drug-likeness (QED) is 0.646. The fraction of sp³-hybridized carbons (Fsp3) is 0.571. The Kier molecular flexibility index (Phi) is 5.01. The van der Waals surface area contributed by atoms with Crippen LogP contribution < -0.4 is 14.8 Å². The lowest BCUT2D eigenvalue weighted by Gasteiger charge is -2.15. The Balaban J connectivity index is 2.01. The van der Waals surface area contributed by atoms with Gasteiger partial charge in [-0.05, 0) is 18.9 Å². The molecule has 0 spiro atoms. The maximum atomic E-state index is 9.34. The lowest BCUT2D eigenvalue weighted by Crippen LogP contribution is -2.22. The minimum absolute atomic E-state index is 0.0695. The average Bonchev–Trinajstić information content (AvgIpc) is 3.26. The van der Waals surface area contributed by atoms with Crippen LogP contribution in [0.25, 0.3) is 0 Å². The second kappa shape index (κ2) is 6.75. The van der Waals surface area contributed by atoms with E-state index in [1.54, 1.807) is 13.2 Å². The van der Waals surface area contributed by atoms with E-state index in [1.807, 2.05) is 12.1 Å². The molecule has 3 N–H and O–H groups in total. The highest BCUT2D eigenvalue weighted by Gasteiger charge is 2.20. The number of aliphatic hydroxyl groups is 2. The van der Waals surface area contributed by atoms with Gasteiger partial charge in [0.05, 0.1) is 13.7 Å². The molecule has 1 unspecified atom stereocenters. The maximum Gasteiger partial charge on any atom is 0.127 e. The lowest BCUT2D eigenvalue weighted by molar-refractivity contribution is 0.0532. The number of methoxy groups -OCH3 is 1. The first-order chi connectivity index (χ1) is 9.22. The largest absolute Gasteiger partial charge is 0.497 e. The van der Waals surface area contributed by atoms with E-state index in [9.17, 15) is 5.11 Å². The molecule has 1 atom stereocenters. The Hall–Kier alpha value is -1.30. The van der Waals surface area contributed by atoms with Crippen LogP contribution in [0.2, 0.25) is 0 Å². The normalized spacial score (nSPS) is 16.2. The van der Waals surface area contributed by atoms with Gasteiger partial charge in [-0.25, -0.2) is 0 Å². The van der Waals surface area contributed by atoms with Crippen molar-refractivity contribution in [3.63, 3.8) is 0 Å². The molecule has 1 saturated carbocycles. The number of benzene rings is 1. The van der Waals surface area contributed by atoms with Gasteiger partial charge in [0.1, 0.15) is 24.2 Å². The number of hydrogen-bond donors (Lipinski definition) is 3. The summed E-state index contributed by atoms with van der Waals surface area (Å²) >= 11 is 0. The summed E-state index contributed by atoms with van der Waals surface area (Å²) in [5, 5.41) is 21.6. The second-order valence-electron chi connectivity index (χ2n) is 4.78. The summed E-state index contributed by atoms with van der Waals surface area (Å²) in [4.78, 5) is 0. The van der Waals surface area contributed by atoms with Crippen molar-refractivity contribution < 1.29 is 19.7 Å². The molecule has 2 rings (SSSR count). The first-order valence-electron chi connectivity index (χ1n) is 6.55. The summed E-state index contributed by atoms with van der Waals surface area (Å²) < 4.78 is 10.7. The van der Waals surface area contributed by atoms with Crippen LogP contribution in [0.15, 0.2) is 18.2 Å². The van der Waals surface area contributed by atoms with Gasteiger partial charge < -0.3 is 25.0 Å². The number of aliphatic hydroxyl groups excluding tert-OH is 2. The number of hydrogen-bond acceptors (Lipinski definition) is 5. The third-order valence-electron chi connectivity index (χ3n) is 3.07. The molecular weight excluding hydrogens is 246 g/mol. The summed E-state index contributed by atoms with van der Waals surface area (Å²) in [6, 6.07) is 6.26. The summed E-state index contributed by atoms with van der Waals surface area (Å²) in [5.41, 5.74) is 1.03. The van der Waals surface area contributed by atoms with E-state index in [2.05, 4.69) is 5.32 Å². The van der Waals surface area contributed by atoms with Gasteiger partial charge in [-0.3, -0.25) is 0 Å². The van der Waals surface area contributed by atoms with Crippen molar-refractivity contribution in [1.82, 2.24) is 5.32 Å². The average molecular weight is 267 g/mol. The molecule has 5 heteroatoms. The van der Waals surface area contributed by atoms with E-state index in [0.717, 1.165) is 12.1 Å². The van der Waals surface area contributed by atoms with Gasteiger partial charge in [-0.15, -0.1) is 0 Å². The van der Waals surface area contributed by atoms with E-state index >= 15 is 0 Å². The fourth-order valence-corrected chi connectivity index (χ4v) is 1.72. The van der Waals surface area contributed by atoms with E-state index in [4.69, 9.17) is 14.6 Å². The molecule has 5 nitrogen and oxygen atoms in total. The van der Waals surface area contributed by atoms with Gasteiger partial charge in [0, 0.05) is 24.2 Å². The van der Waals surface area contributed by atoms with Crippen LogP contribution in [0.1, 0.15) is 18.4 Å². The predicted octanol–water partition coefficient (Wildman–Crippen LogP) is 0.679. The van der Waals surface area contributed by atoms with Crippen LogP contribution in [0.3, 0.4) is 0 Å². The predicted molar refractivity (Wildman–Crippen MR) is 71.4 cm³/mol. The molecule has 0 heterocycles. The smallest absolute Gasteiger partial charge is 0.127 e. The maximum absolute atomic E-state index is 9.34. The van der Waals surface area contributed by atoms with Gasteiger partial charge in [0.15, 0.2) is 0 Å².